The first-order chi connectivity index (χ1) is 6.24. The van der Waals surface area contributed by atoms with E-state index in [0.717, 1.165) is 12.1 Å². The summed E-state index contributed by atoms with van der Waals surface area (Å²) in [5, 5.41) is 3.41. The van der Waals surface area contributed by atoms with E-state index in [9.17, 15) is 0 Å². The molecule has 0 aliphatic carbocycles. The van der Waals surface area contributed by atoms with Gasteiger partial charge in [0.15, 0.2) is 0 Å². The van der Waals surface area contributed by atoms with Crippen molar-refractivity contribution in [2.24, 2.45) is 0 Å². The van der Waals surface area contributed by atoms with Crippen molar-refractivity contribution in [1.29, 1.82) is 0 Å². The third-order valence-corrected chi connectivity index (χ3v) is 1.76. The van der Waals surface area contributed by atoms with Crippen molar-refractivity contribution in [2.45, 2.75) is 0 Å². The van der Waals surface area contributed by atoms with E-state index in [1.54, 1.807) is 12.3 Å². The Labute approximate surface area is 82.6 Å². The average molecular weight is 198 g/mol. The molecule has 0 amide bonds. The van der Waals surface area contributed by atoms with Gasteiger partial charge in [-0.25, -0.2) is 4.98 Å². The fourth-order valence-electron chi connectivity index (χ4n) is 0.898. The van der Waals surface area contributed by atoms with Crippen molar-refractivity contribution in [2.75, 3.05) is 19.3 Å². The number of likely N-dealkylation sites (N-methyl/N-ethyl adjacent to an activating group) is 1. The lowest BCUT2D eigenvalue weighted by molar-refractivity contribution is 0.922. The van der Waals surface area contributed by atoms with Crippen molar-refractivity contribution in [3.63, 3.8) is 0 Å². The van der Waals surface area contributed by atoms with Crippen LogP contribution in [0.5, 0.6) is 0 Å². The monoisotopic (exact) mass is 197 g/mol. The molecule has 13 heavy (non-hydrogen) atoms. The van der Waals surface area contributed by atoms with Gasteiger partial charge < -0.3 is 11.1 Å². The van der Waals surface area contributed by atoms with Crippen LogP contribution in [0.3, 0.4) is 0 Å². The topological polar surface area (TPSA) is 50.9 Å². The first kappa shape index (κ1) is 10.0. The SMILES string of the molecule is CNCC=Cc1cnc(Cl)cc1N. The van der Waals surface area contributed by atoms with Crippen LogP contribution in [0.2, 0.25) is 5.15 Å². The maximum Gasteiger partial charge on any atom is 0.131 e. The maximum absolute atomic E-state index is 5.71. The van der Waals surface area contributed by atoms with Crippen molar-refractivity contribution in [3.8, 4) is 0 Å². The van der Waals surface area contributed by atoms with Crippen LogP contribution in [0.25, 0.3) is 6.08 Å². The standard InChI is InChI=1S/C9H12ClN3/c1-12-4-2-3-7-6-13-9(10)5-8(7)11/h2-3,5-6,12H,4H2,1H3,(H2,11,13). The number of hydrogen-bond acceptors (Lipinski definition) is 3. The number of hydrogen-bond donors (Lipinski definition) is 2. The molecule has 0 saturated carbocycles. The van der Waals surface area contributed by atoms with Gasteiger partial charge >= 0.3 is 0 Å². The number of nitrogens with two attached hydrogens (primary N) is 1. The molecule has 0 fully saturated rings. The molecule has 1 aromatic heterocycles. The second kappa shape index (κ2) is 4.84. The Balaban J connectivity index is 2.77. The van der Waals surface area contributed by atoms with Gasteiger partial charge in [0.05, 0.1) is 0 Å². The molecule has 0 radical (unpaired) electrons. The molecular weight excluding hydrogens is 186 g/mol. The predicted octanol–water partition coefficient (Wildman–Crippen LogP) is 1.55. The van der Waals surface area contributed by atoms with Crippen molar-refractivity contribution >= 4 is 23.4 Å². The molecule has 3 nitrogen and oxygen atoms in total. The summed E-state index contributed by atoms with van der Waals surface area (Å²) in [6.45, 7) is 0.808. The van der Waals surface area contributed by atoms with E-state index >= 15 is 0 Å². The number of pyridine rings is 1. The highest BCUT2D eigenvalue weighted by atomic mass is 35.5. The Morgan fingerprint density at radius 2 is 2.46 bits per heavy atom. The lowest BCUT2D eigenvalue weighted by atomic mass is 10.2. The highest BCUT2D eigenvalue weighted by molar-refractivity contribution is 6.29. The minimum atomic E-state index is 0.420. The minimum absolute atomic E-state index is 0.420. The molecule has 0 spiro atoms. The normalized spacial score (nSPS) is 10.9. The highest BCUT2D eigenvalue weighted by Gasteiger charge is 1.96. The number of nitrogens with one attached hydrogen (secondary N) is 1. The second-order valence-corrected chi connectivity index (χ2v) is 2.98. The molecule has 0 saturated heterocycles. The average Bonchev–Trinajstić information content (AvgIpc) is 2.09. The van der Waals surface area contributed by atoms with E-state index in [4.69, 9.17) is 17.3 Å². The fourth-order valence-corrected chi connectivity index (χ4v) is 1.06. The number of anilines is 1. The van der Waals surface area contributed by atoms with Gasteiger partial charge in [0, 0.05) is 24.0 Å². The highest BCUT2D eigenvalue weighted by Crippen LogP contribution is 2.15. The van der Waals surface area contributed by atoms with Gasteiger partial charge in [-0.3, -0.25) is 0 Å². The zero-order valence-electron chi connectivity index (χ0n) is 7.42. The Bertz CT molecular complexity index is 310. The van der Waals surface area contributed by atoms with Crippen LogP contribution in [0.4, 0.5) is 5.69 Å². The van der Waals surface area contributed by atoms with Gasteiger partial charge in [0.25, 0.3) is 0 Å². The molecule has 70 valence electrons. The van der Waals surface area contributed by atoms with Crippen LogP contribution in [0, 0.1) is 0 Å². The lowest BCUT2D eigenvalue weighted by Crippen LogP contribution is -2.03. The van der Waals surface area contributed by atoms with E-state index in [1.807, 2.05) is 19.2 Å². The third kappa shape index (κ3) is 3.05. The maximum atomic E-state index is 5.71. The summed E-state index contributed by atoms with van der Waals surface area (Å²) < 4.78 is 0. The van der Waals surface area contributed by atoms with Crippen LogP contribution < -0.4 is 11.1 Å². The van der Waals surface area contributed by atoms with E-state index in [-0.39, 0.29) is 0 Å². The quantitative estimate of drug-likeness (QED) is 0.723. The summed E-state index contributed by atoms with van der Waals surface area (Å²) in [7, 11) is 1.88. The summed E-state index contributed by atoms with van der Waals surface area (Å²) in [6.07, 6.45) is 5.54. The van der Waals surface area contributed by atoms with Gasteiger partial charge in [-0.2, -0.15) is 0 Å². The molecule has 0 unspecified atom stereocenters. The minimum Gasteiger partial charge on any atom is -0.398 e. The zero-order chi connectivity index (χ0) is 9.68. The molecule has 0 aliphatic heterocycles. The van der Waals surface area contributed by atoms with E-state index < -0.39 is 0 Å². The van der Waals surface area contributed by atoms with Gasteiger partial charge in [-0.15, -0.1) is 0 Å². The lowest BCUT2D eigenvalue weighted by Gasteiger charge is -1.99. The molecule has 0 aromatic carbocycles. The Morgan fingerprint density at radius 3 is 3.08 bits per heavy atom. The summed E-state index contributed by atoms with van der Waals surface area (Å²) >= 11 is 5.65. The van der Waals surface area contributed by atoms with Crippen LogP contribution in [0.1, 0.15) is 5.56 Å². The first-order valence-corrected chi connectivity index (χ1v) is 4.34. The smallest absolute Gasteiger partial charge is 0.131 e. The second-order valence-electron chi connectivity index (χ2n) is 2.60. The molecule has 1 aromatic rings. The van der Waals surface area contributed by atoms with Crippen LogP contribution in [-0.4, -0.2) is 18.6 Å². The van der Waals surface area contributed by atoms with Gasteiger partial charge in [0.2, 0.25) is 0 Å². The number of halogens is 1. The molecule has 3 N–H and O–H groups in total. The largest absolute Gasteiger partial charge is 0.398 e. The third-order valence-electron chi connectivity index (χ3n) is 1.55. The molecule has 1 heterocycles. The van der Waals surface area contributed by atoms with Gasteiger partial charge in [-0.05, 0) is 13.1 Å². The van der Waals surface area contributed by atoms with E-state index in [2.05, 4.69) is 10.3 Å². The van der Waals surface area contributed by atoms with Crippen molar-refractivity contribution in [1.82, 2.24) is 10.3 Å². The summed E-state index contributed by atoms with van der Waals surface area (Å²) in [5.41, 5.74) is 7.24. The molecule has 0 bridgehead atoms. The van der Waals surface area contributed by atoms with E-state index in [1.165, 1.54) is 0 Å². The van der Waals surface area contributed by atoms with E-state index in [0.29, 0.717) is 10.8 Å². The first-order valence-electron chi connectivity index (χ1n) is 3.96. The summed E-state index contributed by atoms with van der Waals surface area (Å²) in [4.78, 5) is 3.93. The van der Waals surface area contributed by atoms with Crippen LogP contribution >= 0.6 is 11.6 Å². The summed E-state index contributed by atoms with van der Waals surface area (Å²) in [6, 6.07) is 1.64. The van der Waals surface area contributed by atoms with Gasteiger partial charge in [-0.1, -0.05) is 23.8 Å². The van der Waals surface area contributed by atoms with Crippen molar-refractivity contribution in [3.05, 3.63) is 29.1 Å². The van der Waals surface area contributed by atoms with Gasteiger partial charge in [0.1, 0.15) is 5.15 Å². The number of aromatic nitrogens is 1. The number of rotatable bonds is 3. The Kier molecular flexibility index (Phi) is 3.73. The molecule has 4 heteroatoms. The Hall–Kier alpha value is -1.06. The number of nitrogen functional groups attached to an aromatic ring is 1. The molecule has 0 aliphatic rings. The number of nitrogens with zero attached hydrogens (tertiary/aromatic N) is 1. The fraction of sp³-hybridized carbons (Fsp3) is 0.222. The summed E-state index contributed by atoms with van der Waals surface area (Å²) in [5.74, 6) is 0. The van der Waals surface area contributed by atoms with Crippen LogP contribution in [0.15, 0.2) is 18.3 Å². The van der Waals surface area contributed by atoms with Crippen molar-refractivity contribution < 1.29 is 0 Å². The van der Waals surface area contributed by atoms with Crippen LogP contribution in [-0.2, 0) is 0 Å². The molecule has 0 atom stereocenters. The predicted molar refractivity (Wildman–Crippen MR) is 56.6 cm³/mol. The molecule has 1 rings (SSSR count). The zero-order valence-corrected chi connectivity index (χ0v) is 8.17. The molecular formula is C9H12ClN3. The Morgan fingerprint density at radius 1 is 1.69 bits per heavy atom.